The molecular weight excluding hydrogens is 438 g/mol. The molecule has 6 nitrogen and oxygen atoms in total. The van der Waals surface area contributed by atoms with Gasteiger partial charge in [-0.05, 0) is 66.4 Å². The third-order valence-corrected chi connectivity index (χ3v) is 6.23. The normalized spacial score (nSPS) is 16.6. The number of rotatable bonds is 5. The Bertz CT molecular complexity index is 1320. The lowest BCUT2D eigenvalue weighted by molar-refractivity contribution is -0.117. The Hall–Kier alpha value is -4.24. The van der Waals surface area contributed by atoms with Crippen LogP contribution >= 0.6 is 0 Å². The molecule has 1 aliphatic rings. The van der Waals surface area contributed by atoms with Crippen molar-refractivity contribution in [3.63, 3.8) is 0 Å². The minimum absolute atomic E-state index is 0.0117. The van der Waals surface area contributed by atoms with Crippen molar-refractivity contribution in [1.29, 1.82) is 0 Å². The van der Waals surface area contributed by atoms with Crippen LogP contribution in [0.4, 0.5) is 17.1 Å². The first-order chi connectivity index (χ1) is 16.8. The molecule has 1 aliphatic heterocycles. The minimum Gasteiger partial charge on any atom is -0.495 e. The van der Waals surface area contributed by atoms with Gasteiger partial charge in [0.05, 0.1) is 18.7 Å². The average Bonchev–Trinajstić information content (AvgIpc) is 2.83. The van der Waals surface area contributed by atoms with Gasteiger partial charge < -0.3 is 20.3 Å². The Morgan fingerprint density at radius 2 is 1.80 bits per heavy atom. The van der Waals surface area contributed by atoms with Crippen LogP contribution in [0.1, 0.15) is 44.4 Å². The summed E-state index contributed by atoms with van der Waals surface area (Å²) in [5.74, 6) is 3.17. The summed E-state index contributed by atoms with van der Waals surface area (Å²) in [6, 6.07) is 19.6. The van der Waals surface area contributed by atoms with Gasteiger partial charge in [-0.2, -0.15) is 0 Å². The third kappa shape index (κ3) is 4.99. The number of nitrogens with zero attached hydrogens (tertiary/aromatic N) is 1. The number of hydrogen-bond donors (Lipinski definition) is 2. The molecule has 0 saturated heterocycles. The SMILES string of the molecule is C#Cc1ccc(N[C@@H]2C[C@H](C)N(C(C)=O)c3ccc(-c4cccc(NC(C)=O)c4)cc32)cc1OC. The number of benzene rings is 3. The highest BCUT2D eigenvalue weighted by molar-refractivity contribution is 5.94. The summed E-state index contributed by atoms with van der Waals surface area (Å²) in [5, 5.41) is 6.46. The topological polar surface area (TPSA) is 70.7 Å². The van der Waals surface area contributed by atoms with Gasteiger partial charge in [-0.1, -0.05) is 24.1 Å². The zero-order chi connectivity index (χ0) is 25.1. The first-order valence-electron chi connectivity index (χ1n) is 11.5. The van der Waals surface area contributed by atoms with Crippen molar-refractivity contribution >= 4 is 28.9 Å². The van der Waals surface area contributed by atoms with E-state index in [1.165, 1.54) is 6.92 Å². The van der Waals surface area contributed by atoms with Crippen molar-refractivity contribution in [3.05, 3.63) is 71.8 Å². The Labute approximate surface area is 206 Å². The highest BCUT2D eigenvalue weighted by atomic mass is 16.5. The monoisotopic (exact) mass is 467 g/mol. The van der Waals surface area contributed by atoms with Crippen LogP contribution in [0, 0.1) is 12.3 Å². The molecule has 35 heavy (non-hydrogen) atoms. The lowest BCUT2D eigenvalue weighted by Crippen LogP contribution is -2.43. The molecule has 0 bridgehead atoms. The lowest BCUT2D eigenvalue weighted by atomic mass is 9.88. The maximum absolute atomic E-state index is 12.5. The highest BCUT2D eigenvalue weighted by Crippen LogP contribution is 2.41. The fraction of sp³-hybridized carbons (Fsp3) is 0.241. The summed E-state index contributed by atoms with van der Waals surface area (Å²) in [5.41, 5.74) is 6.22. The predicted octanol–water partition coefficient (Wildman–Crippen LogP) is 5.60. The zero-order valence-electron chi connectivity index (χ0n) is 20.4. The number of hydrogen-bond acceptors (Lipinski definition) is 4. The fourth-order valence-corrected chi connectivity index (χ4v) is 4.74. The molecule has 2 amide bonds. The fourth-order valence-electron chi connectivity index (χ4n) is 4.74. The Morgan fingerprint density at radius 1 is 1.03 bits per heavy atom. The van der Waals surface area contributed by atoms with E-state index in [0.29, 0.717) is 11.3 Å². The summed E-state index contributed by atoms with van der Waals surface area (Å²) < 4.78 is 5.46. The van der Waals surface area contributed by atoms with Crippen molar-refractivity contribution < 1.29 is 14.3 Å². The highest BCUT2D eigenvalue weighted by Gasteiger charge is 2.32. The van der Waals surface area contributed by atoms with Gasteiger partial charge in [-0.3, -0.25) is 9.59 Å². The van der Waals surface area contributed by atoms with Gasteiger partial charge in [0.15, 0.2) is 0 Å². The molecular formula is C29H29N3O3. The predicted molar refractivity (Wildman–Crippen MR) is 141 cm³/mol. The number of fused-ring (bicyclic) bond motifs is 1. The summed E-state index contributed by atoms with van der Waals surface area (Å²) in [7, 11) is 1.60. The molecule has 1 heterocycles. The van der Waals surface area contributed by atoms with E-state index in [-0.39, 0.29) is 23.9 Å². The third-order valence-electron chi connectivity index (χ3n) is 6.23. The molecule has 6 heteroatoms. The number of nitrogens with one attached hydrogen (secondary N) is 2. The van der Waals surface area contributed by atoms with Crippen LogP contribution in [0.2, 0.25) is 0 Å². The van der Waals surface area contributed by atoms with E-state index in [0.717, 1.165) is 40.2 Å². The maximum atomic E-state index is 12.5. The molecule has 0 saturated carbocycles. The van der Waals surface area contributed by atoms with Gasteiger partial charge in [0.1, 0.15) is 5.75 Å². The number of methoxy groups -OCH3 is 1. The first-order valence-corrected chi connectivity index (χ1v) is 11.5. The molecule has 2 N–H and O–H groups in total. The van der Waals surface area contributed by atoms with Gasteiger partial charge in [0, 0.05) is 43.0 Å². The van der Waals surface area contributed by atoms with Gasteiger partial charge in [-0.15, -0.1) is 6.42 Å². The molecule has 0 radical (unpaired) electrons. The van der Waals surface area contributed by atoms with Crippen molar-refractivity contribution in [3.8, 4) is 29.2 Å². The van der Waals surface area contributed by atoms with Crippen LogP contribution in [0.25, 0.3) is 11.1 Å². The van der Waals surface area contributed by atoms with Gasteiger partial charge >= 0.3 is 0 Å². The minimum atomic E-state index is -0.116. The molecule has 3 aromatic rings. The standard InChI is InChI=1S/C29H29N3O3/c1-6-21-10-12-25(17-29(21)35-5)31-27-14-18(2)32(20(4)34)28-13-11-23(16-26(27)28)22-8-7-9-24(15-22)30-19(3)33/h1,7-13,15-18,27,31H,14H2,2-5H3,(H,30,33)/t18-,27+/m0/s1. The maximum Gasteiger partial charge on any atom is 0.224 e. The van der Waals surface area contributed by atoms with Crippen molar-refractivity contribution in [1.82, 2.24) is 0 Å². The van der Waals surface area contributed by atoms with Gasteiger partial charge in [0.25, 0.3) is 0 Å². The zero-order valence-corrected chi connectivity index (χ0v) is 20.4. The van der Waals surface area contributed by atoms with Crippen LogP contribution in [0.3, 0.4) is 0 Å². The molecule has 0 unspecified atom stereocenters. The van der Waals surface area contributed by atoms with Gasteiger partial charge in [-0.25, -0.2) is 0 Å². The lowest BCUT2D eigenvalue weighted by Gasteiger charge is -2.40. The second-order valence-electron chi connectivity index (χ2n) is 8.77. The molecule has 0 aliphatic carbocycles. The summed E-state index contributed by atoms with van der Waals surface area (Å²) in [4.78, 5) is 25.9. The van der Waals surface area contributed by atoms with Crippen LogP contribution < -0.4 is 20.3 Å². The number of carbonyl (C=O) groups is 2. The molecule has 4 rings (SSSR count). The van der Waals surface area contributed by atoms with E-state index in [1.807, 2.05) is 59.5 Å². The largest absolute Gasteiger partial charge is 0.495 e. The van der Waals surface area contributed by atoms with E-state index in [1.54, 1.807) is 14.0 Å². The Morgan fingerprint density at radius 3 is 2.49 bits per heavy atom. The average molecular weight is 468 g/mol. The molecule has 0 fully saturated rings. The summed E-state index contributed by atoms with van der Waals surface area (Å²) >= 11 is 0. The van der Waals surface area contributed by atoms with E-state index in [4.69, 9.17) is 11.2 Å². The molecule has 3 aromatic carbocycles. The molecule has 0 spiro atoms. The van der Waals surface area contributed by atoms with Crippen LogP contribution in [0.15, 0.2) is 60.7 Å². The van der Waals surface area contributed by atoms with Crippen LogP contribution in [-0.4, -0.2) is 25.0 Å². The number of ether oxygens (including phenoxy) is 1. The van der Waals surface area contributed by atoms with Crippen molar-refractivity contribution in [2.45, 2.75) is 39.3 Å². The van der Waals surface area contributed by atoms with Gasteiger partial charge in [0.2, 0.25) is 11.8 Å². The molecule has 0 aromatic heterocycles. The van der Waals surface area contributed by atoms with E-state index in [2.05, 4.69) is 29.5 Å². The quantitative estimate of drug-likeness (QED) is 0.479. The molecule has 178 valence electrons. The Balaban J connectivity index is 1.76. The van der Waals surface area contributed by atoms with Crippen LogP contribution in [-0.2, 0) is 9.59 Å². The number of carbonyl (C=O) groups excluding carboxylic acids is 2. The number of anilines is 3. The smallest absolute Gasteiger partial charge is 0.224 e. The van der Waals surface area contributed by atoms with E-state index in [9.17, 15) is 9.59 Å². The van der Waals surface area contributed by atoms with E-state index < -0.39 is 0 Å². The van der Waals surface area contributed by atoms with E-state index >= 15 is 0 Å². The van der Waals surface area contributed by atoms with Crippen LogP contribution in [0.5, 0.6) is 5.75 Å². The first kappa shape index (κ1) is 23.9. The summed E-state index contributed by atoms with van der Waals surface area (Å²) in [6.45, 7) is 5.15. The summed E-state index contributed by atoms with van der Waals surface area (Å²) in [6.07, 6.45) is 6.32. The number of amides is 2. The Kier molecular flexibility index (Phi) is 6.79. The second-order valence-corrected chi connectivity index (χ2v) is 8.77. The van der Waals surface area contributed by atoms with Crippen molar-refractivity contribution in [2.75, 3.05) is 22.6 Å². The van der Waals surface area contributed by atoms with Crippen molar-refractivity contribution in [2.24, 2.45) is 0 Å². The second kappa shape index (κ2) is 9.94. The number of terminal acetylenes is 1. The molecule has 2 atom stereocenters.